The fourth-order valence-corrected chi connectivity index (χ4v) is 1.18. The largest absolute Gasteiger partial charge is 0.345 e. The van der Waals surface area contributed by atoms with Crippen molar-refractivity contribution in [3.8, 4) is 0 Å². The second-order valence-electron chi connectivity index (χ2n) is 3.03. The maximum Gasteiger partial charge on any atom is 0.345 e. The van der Waals surface area contributed by atoms with Crippen LogP contribution < -0.4 is 5.73 Å². The highest BCUT2D eigenvalue weighted by atomic mass is 19.3. The monoisotopic (exact) mass is 201 g/mol. The summed E-state index contributed by atoms with van der Waals surface area (Å²) in [5, 5.41) is 0. The van der Waals surface area contributed by atoms with E-state index in [0.717, 1.165) is 5.56 Å². The Labute approximate surface area is 81.7 Å². The van der Waals surface area contributed by atoms with E-state index < -0.39 is 12.7 Å². The lowest BCUT2D eigenvalue weighted by Crippen LogP contribution is -2.18. The number of alkyl halides is 2. The van der Waals surface area contributed by atoms with Gasteiger partial charge in [-0.05, 0) is 12.5 Å². The molecule has 0 spiro atoms. The number of ether oxygens (including phenoxy) is 1. The van der Waals surface area contributed by atoms with E-state index in [-0.39, 0.29) is 6.54 Å². The highest BCUT2D eigenvalue weighted by Crippen LogP contribution is 2.19. The molecule has 0 saturated heterocycles. The molecule has 0 heterocycles. The van der Waals surface area contributed by atoms with Crippen LogP contribution in [0.2, 0.25) is 0 Å². The molecule has 1 unspecified atom stereocenters. The minimum atomic E-state index is -2.79. The molecule has 0 radical (unpaired) electrons. The quantitative estimate of drug-likeness (QED) is 0.810. The van der Waals surface area contributed by atoms with Crippen LogP contribution in [0.1, 0.15) is 17.2 Å². The number of benzene rings is 1. The summed E-state index contributed by atoms with van der Waals surface area (Å²) in [6.45, 7) is -0.812. The van der Waals surface area contributed by atoms with Gasteiger partial charge in [0.15, 0.2) is 0 Å². The molecule has 0 aliphatic heterocycles. The molecule has 0 aliphatic carbocycles. The van der Waals surface area contributed by atoms with E-state index in [1.165, 1.54) is 0 Å². The van der Waals surface area contributed by atoms with Gasteiger partial charge >= 0.3 is 6.61 Å². The minimum absolute atomic E-state index is 0.0490. The van der Waals surface area contributed by atoms with E-state index in [1.54, 1.807) is 12.1 Å². The number of nitrogens with two attached hydrogens (primary N) is 1. The van der Waals surface area contributed by atoms with E-state index in [0.29, 0.717) is 5.56 Å². The number of halogens is 2. The molecular formula is C10H13F2NO. The molecule has 2 N–H and O–H groups in total. The summed E-state index contributed by atoms with van der Waals surface area (Å²) in [6.07, 6.45) is -0.726. The Morgan fingerprint density at radius 1 is 1.29 bits per heavy atom. The van der Waals surface area contributed by atoms with Crippen molar-refractivity contribution in [2.45, 2.75) is 19.6 Å². The summed E-state index contributed by atoms with van der Waals surface area (Å²) in [7, 11) is 0. The van der Waals surface area contributed by atoms with Gasteiger partial charge in [0.2, 0.25) is 0 Å². The molecule has 0 fully saturated rings. The van der Waals surface area contributed by atoms with Crippen molar-refractivity contribution in [2.24, 2.45) is 5.73 Å². The zero-order chi connectivity index (χ0) is 10.6. The second-order valence-corrected chi connectivity index (χ2v) is 3.03. The van der Waals surface area contributed by atoms with Gasteiger partial charge in [-0.25, -0.2) is 0 Å². The van der Waals surface area contributed by atoms with Crippen molar-refractivity contribution < 1.29 is 13.5 Å². The lowest BCUT2D eigenvalue weighted by atomic mass is 10.1. The number of hydrogen-bond donors (Lipinski definition) is 1. The zero-order valence-electron chi connectivity index (χ0n) is 7.91. The first-order valence-electron chi connectivity index (χ1n) is 4.33. The van der Waals surface area contributed by atoms with Gasteiger partial charge in [0.25, 0.3) is 0 Å². The Morgan fingerprint density at radius 2 is 1.86 bits per heavy atom. The van der Waals surface area contributed by atoms with Crippen LogP contribution in [0.15, 0.2) is 24.3 Å². The average Bonchev–Trinajstić information content (AvgIpc) is 2.15. The van der Waals surface area contributed by atoms with Crippen molar-refractivity contribution >= 4 is 0 Å². The van der Waals surface area contributed by atoms with Crippen molar-refractivity contribution in [2.75, 3.05) is 6.54 Å². The van der Waals surface area contributed by atoms with Crippen LogP contribution in [-0.4, -0.2) is 13.2 Å². The molecule has 2 nitrogen and oxygen atoms in total. The van der Waals surface area contributed by atoms with Crippen LogP contribution in [0.5, 0.6) is 0 Å². The van der Waals surface area contributed by atoms with E-state index in [9.17, 15) is 8.78 Å². The Kier molecular flexibility index (Phi) is 3.98. The maximum absolute atomic E-state index is 12.0. The SMILES string of the molecule is Cc1ccc(C(CN)OC(F)F)cc1. The van der Waals surface area contributed by atoms with Gasteiger partial charge in [-0.15, -0.1) is 0 Å². The number of aryl methyl sites for hydroxylation is 1. The van der Waals surface area contributed by atoms with Crippen molar-refractivity contribution in [3.05, 3.63) is 35.4 Å². The fourth-order valence-electron chi connectivity index (χ4n) is 1.18. The third kappa shape index (κ3) is 3.05. The molecular weight excluding hydrogens is 188 g/mol. The van der Waals surface area contributed by atoms with Gasteiger partial charge in [-0.3, -0.25) is 0 Å². The second kappa shape index (κ2) is 5.02. The minimum Gasteiger partial charge on any atom is -0.328 e. The highest BCUT2D eigenvalue weighted by Gasteiger charge is 2.14. The molecule has 1 aromatic carbocycles. The first kappa shape index (κ1) is 11.1. The maximum atomic E-state index is 12.0. The molecule has 0 bridgehead atoms. The van der Waals surface area contributed by atoms with Gasteiger partial charge in [-0.1, -0.05) is 29.8 Å². The summed E-state index contributed by atoms with van der Waals surface area (Å²) in [4.78, 5) is 0. The molecule has 0 amide bonds. The molecule has 1 rings (SSSR count). The van der Waals surface area contributed by atoms with Crippen LogP contribution in [0.4, 0.5) is 8.78 Å². The van der Waals surface area contributed by atoms with Crippen molar-refractivity contribution in [1.82, 2.24) is 0 Å². The third-order valence-electron chi connectivity index (χ3n) is 1.93. The molecule has 0 aliphatic rings. The van der Waals surface area contributed by atoms with Crippen LogP contribution in [-0.2, 0) is 4.74 Å². The molecule has 78 valence electrons. The summed E-state index contributed by atoms with van der Waals surface area (Å²) in [6, 6.07) is 7.17. The van der Waals surface area contributed by atoms with Gasteiger partial charge in [0.05, 0.1) is 0 Å². The predicted octanol–water partition coefficient (Wildman–Crippen LogP) is 2.23. The normalized spacial score (nSPS) is 13.2. The molecule has 4 heteroatoms. The molecule has 0 saturated carbocycles. The van der Waals surface area contributed by atoms with E-state index >= 15 is 0 Å². The topological polar surface area (TPSA) is 35.2 Å². The van der Waals surface area contributed by atoms with Crippen LogP contribution in [0, 0.1) is 6.92 Å². The van der Waals surface area contributed by atoms with Crippen molar-refractivity contribution in [3.63, 3.8) is 0 Å². The van der Waals surface area contributed by atoms with Crippen molar-refractivity contribution in [1.29, 1.82) is 0 Å². The van der Waals surface area contributed by atoms with Crippen LogP contribution in [0.25, 0.3) is 0 Å². The Morgan fingerprint density at radius 3 is 2.29 bits per heavy atom. The van der Waals surface area contributed by atoms with Gasteiger partial charge in [0, 0.05) is 6.54 Å². The summed E-state index contributed by atoms with van der Waals surface area (Å²) < 4.78 is 28.3. The molecule has 14 heavy (non-hydrogen) atoms. The lowest BCUT2D eigenvalue weighted by molar-refractivity contribution is -0.162. The van der Waals surface area contributed by atoms with E-state index in [1.807, 2.05) is 19.1 Å². The lowest BCUT2D eigenvalue weighted by Gasteiger charge is -2.15. The molecule has 1 atom stereocenters. The van der Waals surface area contributed by atoms with Gasteiger partial charge in [-0.2, -0.15) is 8.78 Å². The zero-order valence-corrected chi connectivity index (χ0v) is 7.91. The van der Waals surface area contributed by atoms with E-state index in [2.05, 4.69) is 4.74 Å². The number of rotatable bonds is 4. The summed E-state index contributed by atoms with van der Waals surface area (Å²) in [5.74, 6) is 0. The molecule has 1 aromatic rings. The number of hydrogen-bond acceptors (Lipinski definition) is 2. The Hall–Kier alpha value is -1.00. The predicted molar refractivity (Wildman–Crippen MR) is 50.1 cm³/mol. The Balaban J connectivity index is 2.73. The van der Waals surface area contributed by atoms with Gasteiger partial charge in [0.1, 0.15) is 6.10 Å². The molecule has 0 aromatic heterocycles. The first-order valence-corrected chi connectivity index (χ1v) is 4.33. The van der Waals surface area contributed by atoms with E-state index in [4.69, 9.17) is 5.73 Å². The van der Waals surface area contributed by atoms with Crippen LogP contribution in [0.3, 0.4) is 0 Å². The third-order valence-corrected chi connectivity index (χ3v) is 1.93. The Bertz CT molecular complexity index is 274. The summed E-state index contributed by atoms with van der Waals surface area (Å²) >= 11 is 0. The first-order chi connectivity index (χ1) is 6.63. The smallest absolute Gasteiger partial charge is 0.328 e. The average molecular weight is 201 g/mol. The van der Waals surface area contributed by atoms with Gasteiger partial charge < -0.3 is 10.5 Å². The highest BCUT2D eigenvalue weighted by molar-refractivity contribution is 5.23. The summed E-state index contributed by atoms with van der Waals surface area (Å²) in [5.41, 5.74) is 7.08. The fraction of sp³-hybridized carbons (Fsp3) is 0.400. The standard InChI is InChI=1S/C10H13F2NO/c1-7-2-4-8(5-3-7)9(6-13)14-10(11)12/h2-5,9-10H,6,13H2,1H3. The van der Waals surface area contributed by atoms with Crippen LogP contribution >= 0.6 is 0 Å².